The molecule has 8 heteroatoms. The van der Waals surface area contributed by atoms with E-state index < -0.39 is 18.0 Å². The second kappa shape index (κ2) is 7.56. The van der Waals surface area contributed by atoms with Crippen molar-refractivity contribution in [3.8, 4) is 0 Å². The number of allylic oxidation sites excluding steroid dienone is 1. The van der Waals surface area contributed by atoms with Crippen LogP contribution in [-0.2, 0) is 19.1 Å². The van der Waals surface area contributed by atoms with Crippen molar-refractivity contribution in [3.05, 3.63) is 46.7 Å². The molecule has 0 spiro atoms. The fraction of sp³-hybridized carbons (Fsp3) is 0.368. The van der Waals surface area contributed by atoms with Crippen molar-refractivity contribution in [1.82, 2.24) is 4.90 Å². The van der Waals surface area contributed by atoms with E-state index in [2.05, 4.69) is 4.99 Å². The fourth-order valence-electron chi connectivity index (χ4n) is 3.19. The van der Waals surface area contributed by atoms with Gasteiger partial charge in [0.25, 0.3) is 0 Å². The number of thioether (sulfide) groups is 1. The van der Waals surface area contributed by atoms with Gasteiger partial charge in [-0.2, -0.15) is 0 Å². The first-order chi connectivity index (χ1) is 12.9. The summed E-state index contributed by atoms with van der Waals surface area (Å²) < 4.78 is 9.66. The van der Waals surface area contributed by atoms with Gasteiger partial charge in [0.15, 0.2) is 5.17 Å². The number of methoxy groups -OCH3 is 2. The molecular weight excluding hydrogens is 368 g/mol. The van der Waals surface area contributed by atoms with Crippen molar-refractivity contribution in [2.75, 3.05) is 14.2 Å². The van der Waals surface area contributed by atoms with E-state index in [9.17, 15) is 14.4 Å². The van der Waals surface area contributed by atoms with Crippen LogP contribution in [0.2, 0.25) is 0 Å². The minimum absolute atomic E-state index is 0.0859. The Kier molecular flexibility index (Phi) is 5.36. The first-order valence-corrected chi connectivity index (χ1v) is 9.36. The third-order valence-corrected chi connectivity index (χ3v) is 5.89. The molecule has 27 heavy (non-hydrogen) atoms. The summed E-state index contributed by atoms with van der Waals surface area (Å²) in [5.74, 6) is -1.07. The van der Waals surface area contributed by atoms with E-state index in [0.717, 1.165) is 0 Å². The lowest BCUT2D eigenvalue weighted by Crippen LogP contribution is -2.40. The number of carbonyl (C=O) groups is 3. The number of amidine groups is 1. The van der Waals surface area contributed by atoms with Gasteiger partial charge in [-0.25, -0.2) is 14.6 Å². The quantitative estimate of drug-likeness (QED) is 0.737. The number of hydrogen-bond donors (Lipinski definition) is 0. The van der Waals surface area contributed by atoms with Crippen LogP contribution in [0.4, 0.5) is 0 Å². The third-order valence-electron chi connectivity index (χ3n) is 4.58. The van der Waals surface area contributed by atoms with Gasteiger partial charge in [-0.3, -0.25) is 9.69 Å². The highest BCUT2D eigenvalue weighted by Crippen LogP contribution is 2.43. The minimum atomic E-state index is -0.645. The molecule has 1 saturated heterocycles. The maximum Gasteiger partial charge on any atom is 0.338 e. The monoisotopic (exact) mass is 388 g/mol. The first-order valence-electron chi connectivity index (χ1n) is 8.48. The molecule has 0 saturated carbocycles. The van der Waals surface area contributed by atoms with Gasteiger partial charge >= 0.3 is 11.9 Å². The van der Waals surface area contributed by atoms with Crippen molar-refractivity contribution in [1.29, 1.82) is 0 Å². The van der Waals surface area contributed by atoms with E-state index in [1.807, 2.05) is 6.92 Å². The molecule has 0 aliphatic carbocycles. The Labute approximate surface area is 161 Å². The zero-order chi connectivity index (χ0) is 19.7. The normalized spacial score (nSPS) is 21.7. The van der Waals surface area contributed by atoms with Gasteiger partial charge in [0.1, 0.15) is 0 Å². The van der Waals surface area contributed by atoms with Crippen LogP contribution in [0.5, 0.6) is 0 Å². The van der Waals surface area contributed by atoms with Crippen LogP contribution in [0, 0.1) is 0 Å². The zero-order valence-corrected chi connectivity index (χ0v) is 16.3. The van der Waals surface area contributed by atoms with E-state index in [1.165, 1.54) is 26.0 Å². The van der Waals surface area contributed by atoms with Gasteiger partial charge in [0.05, 0.1) is 42.3 Å². The summed E-state index contributed by atoms with van der Waals surface area (Å²) in [4.78, 5) is 43.1. The number of rotatable bonds is 4. The van der Waals surface area contributed by atoms with Gasteiger partial charge < -0.3 is 9.47 Å². The number of nitrogens with zero attached hydrogens (tertiary/aromatic N) is 2. The molecule has 1 fully saturated rings. The number of esters is 2. The Hall–Kier alpha value is -2.61. The molecule has 1 aromatic carbocycles. The summed E-state index contributed by atoms with van der Waals surface area (Å²) in [5, 5.41) is 0.351. The molecule has 0 unspecified atom stereocenters. The average Bonchev–Trinajstić information content (AvgIpc) is 3.01. The summed E-state index contributed by atoms with van der Waals surface area (Å²) in [5.41, 5.74) is 1.92. The Bertz CT molecular complexity index is 859. The Balaban J connectivity index is 2.10. The zero-order valence-electron chi connectivity index (χ0n) is 15.5. The predicted molar refractivity (Wildman–Crippen MR) is 101 cm³/mol. The van der Waals surface area contributed by atoms with Gasteiger partial charge in [-0.05, 0) is 31.0 Å². The van der Waals surface area contributed by atoms with Crippen LogP contribution in [0.1, 0.15) is 42.2 Å². The summed E-state index contributed by atoms with van der Waals surface area (Å²) in [7, 11) is 2.61. The van der Waals surface area contributed by atoms with Crippen LogP contribution in [0.3, 0.4) is 0 Å². The molecule has 142 valence electrons. The lowest BCUT2D eigenvalue weighted by Gasteiger charge is -2.32. The number of amides is 1. The number of hydrogen-bond acceptors (Lipinski definition) is 7. The van der Waals surface area contributed by atoms with Crippen LogP contribution >= 0.6 is 11.8 Å². The number of ether oxygens (including phenoxy) is 2. The van der Waals surface area contributed by atoms with E-state index in [-0.39, 0.29) is 11.2 Å². The highest BCUT2D eigenvalue weighted by molar-refractivity contribution is 8.15. The van der Waals surface area contributed by atoms with Gasteiger partial charge in [-0.1, -0.05) is 30.8 Å². The molecule has 2 aliphatic heterocycles. The van der Waals surface area contributed by atoms with E-state index in [1.54, 1.807) is 36.1 Å². The molecule has 2 atom stereocenters. The summed E-state index contributed by atoms with van der Waals surface area (Å²) in [6.07, 6.45) is 0.666. The van der Waals surface area contributed by atoms with Crippen LogP contribution < -0.4 is 0 Å². The van der Waals surface area contributed by atoms with E-state index in [4.69, 9.17) is 9.47 Å². The van der Waals surface area contributed by atoms with E-state index >= 15 is 0 Å². The third kappa shape index (κ3) is 3.25. The molecule has 2 heterocycles. The van der Waals surface area contributed by atoms with Gasteiger partial charge in [0.2, 0.25) is 5.91 Å². The lowest BCUT2D eigenvalue weighted by molar-refractivity contribution is -0.137. The van der Waals surface area contributed by atoms with E-state index in [0.29, 0.717) is 34.0 Å². The summed E-state index contributed by atoms with van der Waals surface area (Å²) >= 11 is 1.40. The van der Waals surface area contributed by atoms with Crippen molar-refractivity contribution in [3.63, 3.8) is 0 Å². The second-order valence-electron chi connectivity index (χ2n) is 6.12. The van der Waals surface area contributed by atoms with Gasteiger partial charge in [0, 0.05) is 0 Å². The minimum Gasteiger partial charge on any atom is -0.466 e. The van der Waals surface area contributed by atoms with Crippen molar-refractivity contribution < 1.29 is 23.9 Å². The predicted octanol–water partition coefficient (Wildman–Crippen LogP) is 2.68. The van der Waals surface area contributed by atoms with Crippen LogP contribution in [0.15, 0.2) is 40.5 Å². The smallest absolute Gasteiger partial charge is 0.338 e. The summed E-state index contributed by atoms with van der Waals surface area (Å²) in [6, 6.07) is 6.01. The molecule has 1 aromatic rings. The Morgan fingerprint density at radius 3 is 2.33 bits per heavy atom. The average molecular weight is 388 g/mol. The van der Waals surface area contributed by atoms with Crippen molar-refractivity contribution in [2.45, 2.75) is 31.6 Å². The molecule has 7 nitrogen and oxygen atoms in total. The fourth-order valence-corrected chi connectivity index (χ4v) is 4.33. The second-order valence-corrected chi connectivity index (χ2v) is 7.29. The number of aliphatic imine (C=N–C) groups is 1. The van der Waals surface area contributed by atoms with Crippen LogP contribution in [-0.4, -0.2) is 47.4 Å². The van der Waals surface area contributed by atoms with Gasteiger partial charge in [-0.15, -0.1) is 0 Å². The maximum absolute atomic E-state index is 12.9. The lowest BCUT2D eigenvalue weighted by atomic mass is 9.93. The molecule has 2 aliphatic rings. The number of fused-ring (bicyclic) bond motifs is 1. The molecule has 0 radical (unpaired) electrons. The SMILES string of the molecule is CC[C@@H]1SC2=NC(C)=C(C(=O)OC)[C@H](c3ccc(C(=O)OC)cc3)N2C1=O. The largest absolute Gasteiger partial charge is 0.466 e. The maximum atomic E-state index is 12.9. The summed E-state index contributed by atoms with van der Waals surface area (Å²) in [6.45, 7) is 3.67. The molecule has 0 aromatic heterocycles. The standard InChI is InChI=1S/C19H20N2O5S/c1-5-13-16(22)21-15(11-6-8-12(9-7-11)17(23)25-3)14(18(24)26-4)10(2)20-19(21)27-13/h6-9,13,15H,5H2,1-4H3/t13-,15-/m0/s1. The Morgan fingerprint density at radius 2 is 1.78 bits per heavy atom. The molecule has 1 amide bonds. The van der Waals surface area contributed by atoms with Crippen LogP contribution in [0.25, 0.3) is 0 Å². The highest BCUT2D eigenvalue weighted by Gasteiger charge is 2.47. The highest BCUT2D eigenvalue weighted by atomic mass is 32.2. The molecular formula is C19H20N2O5S. The number of benzene rings is 1. The molecule has 3 rings (SSSR count). The van der Waals surface area contributed by atoms with Crippen molar-refractivity contribution >= 4 is 34.8 Å². The first kappa shape index (κ1) is 19.2. The molecule has 0 N–H and O–H groups in total. The molecule has 0 bridgehead atoms. The number of carbonyl (C=O) groups excluding carboxylic acids is 3. The van der Waals surface area contributed by atoms with Crippen molar-refractivity contribution in [2.24, 2.45) is 4.99 Å². The topological polar surface area (TPSA) is 85.3 Å². The Morgan fingerprint density at radius 1 is 1.15 bits per heavy atom.